The summed E-state index contributed by atoms with van der Waals surface area (Å²) in [5.74, 6) is -0.774. The molecule has 0 radical (unpaired) electrons. The summed E-state index contributed by atoms with van der Waals surface area (Å²) in [4.78, 5) is 12.1. The van der Waals surface area contributed by atoms with E-state index in [9.17, 15) is 9.18 Å². The van der Waals surface area contributed by atoms with Crippen LogP contribution in [0.4, 0.5) is 15.8 Å². The number of nitrogens with one attached hydrogen (secondary N) is 1. The molecule has 0 aliphatic rings. The first kappa shape index (κ1) is 14.1. The molecule has 1 amide bonds. The molecule has 0 heterocycles. The van der Waals surface area contributed by atoms with Crippen molar-refractivity contribution in [2.24, 2.45) is 0 Å². The molecule has 0 atom stereocenters. The van der Waals surface area contributed by atoms with Gasteiger partial charge in [-0.15, -0.1) is 0 Å². The molecule has 0 aromatic heterocycles. The molecular weight excluding hydrogens is 255 g/mol. The van der Waals surface area contributed by atoms with Gasteiger partial charge in [-0.05, 0) is 61.7 Å². The molecule has 2 aromatic rings. The highest BCUT2D eigenvalue weighted by atomic mass is 19.1. The minimum Gasteiger partial charge on any atom is -0.397 e. The Labute approximate surface area is 117 Å². The molecule has 0 bridgehead atoms. The van der Waals surface area contributed by atoms with E-state index in [1.54, 1.807) is 25.1 Å². The molecule has 0 spiro atoms. The number of anilines is 2. The number of benzene rings is 2. The van der Waals surface area contributed by atoms with Gasteiger partial charge in [-0.3, -0.25) is 4.79 Å². The SMILES string of the molecule is Cc1cc(N)c(NC(=O)c2ccc(C)c(F)c2)cc1C. The van der Waals surface area contributed by atoms with Crippen molar-refractivity contribution in [2.75, 3.05) is 11.1 Å². The molecule has 2 aromatic carbocycles. The van der Waals surface area contributed by atoms with E-state index in [1.807, 2.05) is 19.9 Å². The summed E-state index contributed by atoms with van der Waals surface area (Å²) in [6, 6.07) is 8.01. The van der Waals surface area contributed by atoms with Gasteiger partial charge in [0.15, 0.2) is 0 Å². The molecule has 0 saturated carbocycles. The fourth-order valence-corrected chi connectivity index (χ4v) is 1.88. The van der Waals surface area contributed by atoms with E-state index in [-0.39, 0.29) is 11.5 Å². The Morgan fingerprint density at radius 1 is 1.05 bits per heavy atom. The number of nitrogen functional groups attached to an aromatic ring is 1. The standard InChI is InChI=1S/C16H17FN2O/c1-9-4-5-12(8-13(9)17)16(20)19-15-7-11(3)10(2)6-14(15)18/h4-8H,18H2,1-3H3,(H,19,20). The summed E-state index contributed by atoms with van der Waals surface area (Å²) in [7, 11) is 0. The maximum Gasteiger partial charge on any atom is 0.255 e. The first-order valence-electron chi connectivity index (χ1n) is 6.32. The van der Waals surface area contributed by atoms with Crippen molar-refractivity contribution < 1.29 is 9.18 Å². The Kier molecular flexibility index (Phi) is 3.74. The van der Waals surface area contributed by atoms with Crippen molar-refractivity contribution in [3.8, 4) is 0 Å². The summed E-state index contributed by atoms with van der Waals surface area (Å²) < 4.78 is 13.5. The Bertz CT molecular complexity index is 680. The van der Waals surface area contributed by atoms with Crippen LogP contribution in [0.5, 0.6) is 0 Å². The Morgan fingerprint density at radius 2 is 1.70 bits per heavy atom. The molecular formula is C16H17FN2O. The van der Waals surface area contributed by atoms with Gasteiger partial charge in [-0.25, -0.2) is 4.39 Å². The summed E-state index contributed by atoms with van der Waals surface area (Å²) >= 11 is 0. The number of carbonyl (C=O) groups excluding carboxylic acids is 1. The lowest BCUT2D eigenvalue weighted by molar-refractivity contribution is 0.102. The fourth-order valence-electron chi connectivity index (χ4n) is 1.88. The van der Waals surface area contributed by atoms with Gasteiger partial charge in [0.2, 0.25) is 0 Å². The van der Waals surface area contributed by atoms with E-state index in [1.165, 1.54) is 6.07 Å². The number of hydrogen-bond donors (Lipinski definition) is 2. The maximum absolute atomic E-state index is 13.5. The first-order chi connectivity index (χ1) is 9.38. The van der Waals surface area contributed by atoms with Crippen LogP contribution >= 0.6 is 0 Å². The van der Waals surface area contributed by atoms with E-state index in [0.29, 0.717) is 16.9 Å². The molecule has 4 heteroatoms. The van der Waals surface area contributed by atoms with Crippen LogP contribution in [0.2, 0.25) is 0 Å². The van der Waals surface area contributed by atoms with Gasteiger partial charge in [0.05, 0.1) is 11.4 Å². The molecule has 20 heavy (non-hydrogen) atoms. The number of rotatable bonds is 2. The van der Waals surface area contributed by atoms with Crippen molar-refractivity contribution in [1.82, 2.24) is 0 Å². The molecule has 0 saturated heterocycles. The Balaban J connectivity index is 2.27. The van der Waals surface area contributed by atoms with E-state index in [2.05, 4.69) is 5.32 Å². The second-order valence-electron chi connectivity index (χ2n) is 4.94. The number of nitrogens with two attached hydrogens (primary N) is 1. The normalized spacial score (nSPS) is 10.4. The summed E-state index contributed by atoms with van der Waals surface area (Å²) in [6.07, 6.45) is 0. The molecule has 0 fully saturated rings. The molecule has 2 rings (SSSR count). The quantitative estimate of drug-likeness (QED) is 0.821. The van der Waals surface area contributed by atoms with Gasteiger partial charge >= 0.3 is 0 Å². The summed E-state index contributed by atoms with van der Waals surface area (Å²) in [5, 5.41) is 2.71. The smallest absolute Gasteiger partial charge is 0.255 e. The molecule has 0 aliphatic heterocycles. The zero-order valence-corrected chi connectivity index (χ0v) is 11.8. The fraction of sp³-hybridized carbons (Fsp3) is 0.188. The molecule has 0 aliphatic carbocycles. The van der Waals surface area contributed by atoms with Gasteiger partial charge < -0.3 is 11.1 Å². The minimum atomic E-state index is -0.397. The average Bonchev–Trinajstić information content (AvgIpc) is 2.39. The average molecular weight is 272 g/mol. The number of carbonyl (C=O) groups is 1. The maximum atomic E-state index is 13.5. The zero-order chi connectivity index (χ0) is 14.9. The monoisotopic (exact) mass is 272 g/mol. The van der Waals surface area contributed by atoms with Crippen LogP contribution in [-0.2, 0) is 0 Å². The van der Waals surface area contributed by atoms with Crippen molar-refractivity contribution >= 4 is 17.3 Å². The van der Waals surface area contributed by atoms with Crippen LogP contribution < -0.4 is 11.1 Å². The lowest BCUT2D eigenvalue weighted by atomic mass is 10.1. The second-order valence-corrected chi connectivity index (χ2v) is 4.94. The molecule has 3 nitrogen and oxygen atoms in total. The predicted octanol–water partition coefficient (Wildman–Crippen LogP) is 3.59. The number of aryl methyl sites for hydroxylation is 3. The lowest BCUT2D eigenvalue weighted by Gasteiger charge is -2.11. The first-order valence-corrected chi connectivity index (χ1v) is 6.32. The van der Waals surface area contributed by atoms with E-state index < -0.39 is 5.82 Å². The van der Waals surface area contributed by atoms with Crippen LogP contribution in [0.25, 0.3) is 0 Å². The van der Waals surface area contributed by atoms with E-state index in [0.717, 1.165) is 11.1 Å². The lowest BCUT2D eigenvalue weighted by Crippen LogP contribution is -2.14. The highest BCUT2D eigenvalue weighted by molar-refractivity contribution is 6.05. The second kappa shape index (κ2) is 5.33. The number of halogens is 1. The van der Waals surface area contributed by atoms with Crippen molar-refractivity contribution in [1.29, 1.82) is 0 Å². The third-order valence-corrected chi connectivity index (χ3v) is 3.35. The number of hydrogen-bond acceptors (Lipinski definition) is 2. The Hall–Kier alpha value is -2.36. The van der Waals surface area contributed by atoms with Crippen molar-refractivity contribution in [2.45, 2.75) is 20.8 Å². The highest BCUT2D eigenvalue weighted by Crippen LogP contribution is 2.23. The van der Waals surface area contributed by atoms with E-state index >= 15 is 0 Å². The molecule has 104 valence electrons. The van der Waals surface area contributed by atoms with Gasteiger partial charge in [-0.2, -0.15) is 0 Å². The highest BCUT2D eigenvalue weighted by Gasteiger charge is 2.11. The third-order valence-electron chi connectivity index (χ3n) is 3.35. The summed E-state index contributed by atoms with van der Waals surface area (Å²) in [5.41, 5.74) is 9.78. The van der Waals surface area contributed by atoms with Crippen molar-refractivity contribution in [3.63, 3.8) is 0 Å². The topological polar surface area (TPSA) is 55.1 Å². The van der Waals surface area contributed by atoms with Gasteiger partial charge in [-0.1, -0.05) is 6.07 Å². The third kappa shape index (κ3) is 2.79. The largest absolute Gasteiger partial charge is 0.397 e. The van der Waals surface area contributed by atoms with Crippen LogP contribution in [0.3, 0.4) is 0 Å². The predicted molar refractivity (Wildman–Crippen MR) is 79.4 cm³/mol. The zero-order valence-electron chi connectivity index (χ0n) is 11.8. The van der Waals surface area contributed by atoms with Crippen LogP contribution in [-0.4, -0.2) is 5.91 Å². The van der Waals surface area contributed by atoms with E-state index in [4.69, 9.17) is 5.73 Å². The van der Waals surface area contributed by atoms with Crippen LogP contribution in [0.15, 0.2) is 30.3 Å². The van der Waals surface area contributed by atoms with Gasteiger partial charge in [0.1, 0.15) is 5.82 Å². The Morgan fingerprint density at radius 3 is 2.35 bits per heavy atom. The van der Waals surface area contributed by atoms with Gasteiger partial charge in [0.25, 0.3) is 5.91 Å². The van der Waals surface area contributed by atoms with Gasteiger partial charge in [0, 0.05) is 5.56 Å². The summed E-state index contributed by atoms with van der Waals surface area (Å²) in [6.45, 7) is 5.54. The van der Waals surface area contributed by atoms with Crippen molar-refractivity contribution in [3.05, 3.63) is 58.4 Å². The van der Waals surface area contributed by atoms with Crippen LogP contribution in [0.1, 0.15) is 27.0 Å². The number of amides is 1. The van der Waals surface area contributed by atoms with Crippen LogP contribution in [0, 0.1) is 26.6 Å². The molecule has 0 unspecified atom stereocenters. The molecule has 3 N–H and O–H groups in total. The minimum absolute atomic E-state index is 0.269.